The van der Waals surface area contributed by atoms with E-state index in [0.717, 1.165) is 18.4 Å². The fourth-order valence-corrected chi connectivity index (χ4v) is 5.93. The molecular weight excluding hydrogens is 629 g/mol. The Balaban J connectivity index is 2.14. The molecule has 7 nitrogen and oxygen atoms in total. The van der Waals surface area contributed by atoms with Crippen molar-refractivity contribution in [3.63, 3.8) is 0 Å². The van der Waals surface area contributed by atoms with Crippen LogP contribution in [0.3, 0.4) is 0 Å². The smallest absolute Gasteiger partial charge is 0.424 e. The minimum absolute atomic E-state index is 0.123. The number of halogens is 2. The molecular formula is C31H54BrClNO6P. The first kappa shape index (κ1) is 38.4. The van der Waals surface area contributed by atoms with E-state index in [1.54, 1.807) is 0 Å². The van der Waals surface area contributed by atoms with Gasteiger partial charge in [-0.25, -0.2) is 9.36 Å². The molecule has 0 radical (unpaired) electrons. The summed E-state index contributed by atoms with van der Waals surface area (Å²) in [6, 6.07) is 8.82. The van der Waals surface area contributed by atoms with E-state index in [1.807, 2.05) is 30.3 Å². The monoisotopic (exact) mass is 681 g/mol. The lowest BCUT2D eigenvalue weighted by Crippen LogP contribution is -2.41. The average Bonchev–Trinajstić information content (AvgIpc) is 2.97. The number of hydrogen-bond donors (Lipinski definition) is 1. The normalized spacial score (nSPS) is 13.5. The summed E-state index contributed by atoms with van der Waals surface area (Å²) < 4.78 is 33.6. The van der Waals surface area contributed by atoms with Crippen LogP contribution in [0.2, 0.25) is 0 Å². The zero-order chi connectivity index (χ0) is 29.9. The zero-order valence-electron chi connectivity index (χ0n) is 25.2. The number of ether oxygens (including phenoxy) is 2. The molecule has 10 heteroatoms. The standard InChI is InChI=1S/C31H54BrClNO6P/c1-2-3-4-5-6-7-8-9-10-11-12-13-14-15-16-20-24-37-27-30(28-40-41(33,36)39-25-23-32)34-31(35)38-26-29-21-18-17-19-22-29/h17-19,21-22,30H,2-16,20,23-28H2,1H3,(H,34,35)/t30-,41?/m1/s1. The lowest BCUT2D eigenvalue weighted by Gasteiger charge is -2.20. The molecule has 0 aromatic heterocycles. The van der Waals surface area contributed by atoms with E-state index in [9.17, 15) is 9.36 Å². The molecule has 0 saturated heterocycles. The summed E-state index contributed by atoms with van der Waals surface area (Å²) in [5.74, 6) is 0. The molecule has 1 N–H and O–H groups in total. The first-order chi connectivity index (χ1) is 20.0. The molecule has 2 atom stereocenters. The van der Waals surface area contributed by atoms with Crippen LogP contribution in [0.1, 0.15) is 115 Å². The summed E-state index contributed by atoms with van der Waals surface area (Å²) >= 11 is 9.04. The molecule has 0 saturated carbocycles. The van der Waals surface area contributed by atoms with Crippen LogP contribution >= 0.6 is 34.1 Å². The van der Waals surface area contributed by atoms with Crippen LogP contribution in [0, 0.1) is 0 Å². The van der Waals surface area contributed by atoms with Gasteiger partial charge < -0.3 is 14.8 Å². The molecule has 1 amide bonds. The second-order valence-corrected chi connectivity index (χ2v) is 13.9. The maximum atomic E-state index is 12.3. The minimum Gasteiger partial charge on any atom is -0.445 e. The van der Waals surface area contributed by atoms with E-state index in [2.05, 4.69) is 28.2 Å². The fraction of sp³-hybridized carbons (Fsp3) is 0.774. The molecule has 1 rings (SSSR count). The molecule has 1 aromatic rings. The van der Waals surface area contributed by atoms with Gasteiger partial charge >= 0.3 is 13.0 Å². The van der Waals surface area contributed by atoms with Gasteiger partial charge in [0.1, 0.15) is 6.61 Å². The molecule has 1 aromatic carbocycles. The second-order valence-electron chi connectivity index (χ2n) is 10.5. The molecule has 0 spiro atoms. The molecule has 0 aliphatic heterocycles. The fourth-order valence-electron chi connectivity index (χ4n) is 4.40. The third-order valence-electron chi connectivity index (χ3n) is 6.75. The highest BCUT2D eigenvalue weighted by Crippen LogP contribution is 2.53. The largest absolute Gasteiger partial charge is 0.445 e. The SMILES string of the molecule is CCCCCCCCCCCCCCCCCCOC[C@H](COP(=O)(Cl)OCCBr)NC(=O)OCc1ccccc1. The van der Waals surface area contributed by atoms with Crippen LogP contribution in [0.5, 0.6) is 0 Å². The number of hydrogen-bond acceptors (Lipinski definition) is 6. The highest BCUT2D eigenvalue weighted by Gasteiger charge is 2.24. The van der Waals surface area contributed by atoms with Crippen molar-refractivity contribution in [2.45, 2.75) is 122 Å². The Hall–Kier alpha value is -0.630. The van der Waals surface area contributed by atoms with Crippen molar-refractivity contribution in [1.29, 1.82) is 0 Å². The third-order valence-corrected chi connectivity index (χ3v) is 8.61. The van der Waals surface area contributed by atoms with Crippen LogP contribution < -0.4 is 5.32 Å². The van der Waals surface area contributed by atoms with E-state index in [-0.39, 0.29) is 26.4 Å². The summed E-state index contributed by atoms with van der Waals surface area (Å²) in [6.07, 6.45) is 20.5. The van der Waals surface area contributed by atoms with E-state index >= 15 is 0 Å². The Morgan fingerprint density at radius 3 is 1.88 bits per heavy atom. The summed E-state index contributed by atoms with van der Waals surface area (Å²) in [7, 11) is 0. The topological polar surface area (TPSA) is 83.1 Å². The molecule has 0 bridgehead atoms. The van der Waals surface area contributed by atoms with Gasteiger partial charge in [-0.2, -0.15) is 0 Å². The number of amides is 1. The number of carbonyl (C=O) groups is 1. The van der Waals surface area contributed by atoms with E-state index < -0.39 is 19.1 Å². The molecule has 238 valence electrons. The highest BCUT2D eigenvalue weighted by atomic mass is 79.9. The summed E-state index contributed by atoms with van der Waals surface area (Å²) in [5.41, 5.74) is 0.878. The van der Waals surface area contributed by atoms with Crippen LogP contribution in [0.25, 0.3) is 0 Å². The molecule has 41 heavy (non-hydrogen) atoms. The van der Waals surface area contributed by atoms with Gasteiger partial charge in [-0.3, -0.25) is 9.05 Å². The first-order valence-electron chi connectivity index (χ1n) is 15.7. The number of nitrogens with one attached hydrogen (secondary N) is 1. The van der Waals surface area contributed by atoms with Crippen molar-refractivity contribution < 1.29 is 27.9 Å². The van der Waals surface area contributed by atoms with Crippen LogP contribution in [-0.4, -0.2) is 43.9 Å². The summed E-state index contributed by atoms with van der Waals surface area (Å²) in [6.45, 7) is -0.551. The average molecular weight is 683 g/mol. The van der Waals surface area contributed by atoms with Gasteiger partial charge in [-0.05, 0) is 12.0 Å². The Labute approximate surface area is 262 Å². The minimum atomic E-state index is -3.75. The lowest BCUT2D eigenvalue weighted by atomic mass is 10.0. The van der Waals surface area contributed by atoms with Crippen LogP contribution in [0.15, 0.2) is 30.3 Å². The number of alkyl carbamates (subject to hydrolysis) is 1. The van der Waals surface area contributed by atoms with Gasteiger partial charge in [0.2, 0.25) is 0 Å². The van der Waals surface area contributed by atoms with Crippen molar-refractivity contribution in [1.82, 2.24) is 5.32 Å². The zero-order valence-corrected chi connectivity index (χ0v) is 28.4. The van der Waals surface area contributed by atoms with Crippen molar-refractivity contribution in [2.75, 3.05) is 31.8 Å². The molecule has 0 aliphatic carbocycles. The maximum absolute atomic E-state index is 12.3. The van der Waals surface area contributed by atoms with Gasteiger partial charge in [0, 0.05) is 23.2 Å². The van der Waals surface area contributed by atoms with E-state index in [4.69, 9.17) is 29.8 Å². The Kier molecular flexibility index (Phi) is 25.2. The van der Waals surface area contributed by atoms with Crippen molar-refractivity contribution in [2.24, 2.45) is 0 Å². The van der Waals surface area contributed by atoms with Crippen LogP contribution in [-0.2, 0) is 29.7 Å². The highest BCUT2D eigenvalue weighted by molar-refractivity contribution is 9.09. The van der Waals surface area contributed by atoms with Crippen molar-refractivity contribution in [3.05, 3.63) is 35.9 Å². The van der Waals surface area contributed by atoms with Gasteiger partial charge in [-0.15, -0.1) is 0 Å². The molecule has 1 unspecified atom stereocenters. The summed E-state index contributed by atoms with van der Waals surface area (Å²) in [4.78, 5) is 12.3. The maximum Gasteiger partial charge on any atom is 0.424 e. The van der Waals surface area contributed by atoms with E-state index in [1.165, 1.54) is 89.9 Å². The van der Waals surface area contributed by atoms with Crippen molar-refractivity contribution >= 4 is 40.2 Å². The first-order valence-corrected chi connectivity index (χ1v) is 19.2. The summed E-state index contributed by atoms with van der Waals surface area (Å²) in [5, 5.41) is 3.19. The predicted octanol–water partition coefficient (Wildman–Crippen LogP) is 10.3. The van der Waals surface area contributed by atoms with Gasteiger partial charge in [0.25, 0.3) is 0 Å². The van der Waals surface area contributed by atoms with Gasteiger partial charge in [0.05, 0.1) is 25.9 Å². The number of unbranched alkanes of at least 4 members (excludes halogenated alkanes) is 15. The quantitative estimate of drug-likeness (QED) is 0.0538. The van der Waals surface area contributed by atoms with Crippen molar-refractivity contribution in [3.8, 4) is 0 Å². The van der Waals surface area contributed by atoms with Gasteiger partial charge in [0.15, 0.2) is 0 Å². The molecule has 0 heterocycles. The Bertz CT molecular complexity index is 791. The predicted molar refractivity (Wildman–Crippen MR) is 173 cm³/mol. The Morgan fingerprint density at radius 1 is 0.805 bits per heavy atom. The molecule has 0 aliphatic rings. The number of carbonyl (C=O) groups excluding carboxylic acids is 1. The lowest BCUT2D eigenvalue weighted by molar-refractivity contribution is 0.0781. The second kappa shape index (κ2) is 27.0. The number of alkyl halides is 1. The van der Waals surface area contributed by atoms with Crippen LogP contribution in [0.4, 0.5) is 4.79 Å². The Morgan fingerprint density at radius 2 is 1.34 bits per heavy atom. The number of rotatable bonds is 28. The molecule has 0 fully saturated rings. The third kappa shape index (κ3) is 24.5. The number of benzene rings is 1. The van der Waals surface area contributed by atoms with E-state index in [0.29, 0.717) is 11.9 Å². The van der Waals surface area contributed by atoms with Gasteiger partial charge in [-0.1, -0.05) is 149 Å².